The maximum atomic E-state index is 14.0. The summed E-state index contributed by atoms with van der Waals surface area (Å²) in [6.45, 7) is 2.36. The fourth-order valence-electron chi connectivity index (χ4n) is 5.50. The number of hydrogen-bond donors (Lipinski definition) is 3. The van der Waals surface area contributed by atoms with Gasteiger partial charge in [0.2, 0.25) is 0 Å². The normalized spacial score (nSPS) is 21.5. The van der Waals surface area contributed by atoms with Crippen molar-refractivity contribution in [1.82, 2.24) is 10.6 Å². The van der Waals surface area contributed by atoms with Gasteiger partial charge in [-0.15, -0.1) is 0 Å². The highest BCUT2D eigenvalue weighted by Gasteiger charge is 2.43. The largest absolute Gasteiger partial charge is 0.508 e. The lowest BCUT2D eigenvalue weighted by Gasteiger charge is -2.39. The number of phenols is 1. The number of rotatable bonds is 8. The van der Waals surface area contributed by atoms with E-state index in [0.29, 0.717) is 37.6 Å². The molecule has 5 rings (SSSR count). The number of piperidine rings is 1. The molecule has 0 saturated carbocycles. The Morgan fingerprint density at radius 2 is 1.83 bits per heavy atom. The number of Topliss-reactive ketones (excluding diaryl/α,β-unsaturated/α-hetero) is 1. The summed E-state index contributed by atoms with van der Waals surface area (Å²) in [6.07, 6.45) is 5.87. The van der Waals surface area contributed by atoms with Crippen LogP contribution in [0.2, 0.25) is 0 Å². The van der Waals surface area contributed by atoms with Crippen molar-refractivity contribution in [3.05, 3.63) is 94.8 Å². The zero-order valence-electron chi connectivity index (χ0n) is 20.4. The molecule has 0 aliphatic carbocycles. The molecule has 0 bridgehead atoms. The number of benzene rings is 3. The lowest BCUT2D eigenvalue weighted by molar-refractivity contribution is 0.0836. The Kier molecular flexibility index (Phi) is 7.35. The lowest BCUT2D eigenvalue weighted by Crippen LogP contribution is -2.54. The molecule has 3 aromatic rings. The van der Waals surface area contributed by atoms with Crippen molar-refractivity contribution in [1.29, 1.82) is 0 Å². The predicted molar refractivity (Wildman–Crippen MR) is 138 cm³/mol. The molecule has 0 spiro atoms. The summed E-state index contributed by atoms with van der Waals surface area (Å²) in [4.78, 5) is 14.0. The summed E-state index contributed by atoms with van der Waals surface area (Å²) >= 11 is 0. The number of fused-ring (bicyclic) bond motifs is 1. The SMILES string of the molecule is O=C(c1ccc(F)cc1)C1(Cc2ccc(OCCC3CCCCN3)cc2)NCCc2cc(O)ccc21. The van der Waals surface area contributed by atoms with Gasteiger partial charge in [-0.2, -0.15) is 0 Å². The van der Waals surface area contributed by atoms with E-state index in [1.807, 2.05) is 30.3 Å². The van der Waals surface area contributed by atoms with Gasteiger partial charge in [-0.3, -0.25) is 4.79 Å². The zero-order valence-corrected chi connectivity index (χ0v) is 20.4. The molecular formula is C30H33FN2O3. The Hall–Kier alpha value is -3.22. The molecular weight excluding hydrogens is 455 g/mol. The average Bonchev–Trinajstić information content (AvgIpc) is 2.90. The Morgan fingerprint density at radius 1 is 1.03 bits per heavy atom. The van der Waals surface area contributed by atoms with Crippen LogP contribution in [0.15, 0.2) is 66.7 Å². The Labute approximate surface area is 211 Å². The van der Waals surface area contributed by atoms with Crippen molar-refractivity contribution in [2.45, 2.75) is 50.1 Å². The number of aromatic hydroxyl groups is 1. The van der Waals surface area contributed by atoms with Gasteiger partial charge >= 0.3 is 0 Å². The maximum Gasteiger partial charge on any atom is 0.187 e. The number of hydrogen-bond acceptors (Lipinski definition) is 5. The summed E-state index contributed by atoms with van der Waals surface area (Å²) in [5, 5.41) is 17.1. The molecule has 0 radical (unpaired) electrons. The zero-order chi connectivity index (χ0) is 25.0. The van der Waals surface area contributed by atoms with E-state index in [1.54, 1.807) is 12.1 Å². The van der Waals surface area contributed by atoms with E-state index in [4.69, 9.17) is 4.74 Å². The second kappa shape index (κ2) is 10.8. The third-order valence-corrected chi connectivity index (χ3v) is 7.40. The molecule has 2 unspecified atom stereocenters. The summed E-state index contributed by atoms with van der Waals surface area (Å²) in [5.41, 5.74) is 2.21. The minimum Gasteiger partial charge on any atom is -0.508 e. The van der Waals surface area contributed by atoms with Crippen LogP contribution in [0, 0.1) is 5.82 Å². The van der Waals surface area contributed by atoms with E-state index in [1.165, 1.54) is 43.5 Å². The number of nitrogens with one attached hydrogen (secondary N) is 2. The molecule has 2 heterocycles. The molecule has 6 heteroatoms. The van der Waals surface area contributed by atoms with Crippen LogP contribution in [0.4, 0.5) is 4.39 Å². The molecule has 2 aliphatic rings. The molecule has 5 nitrogen and oxygen atoms in total. The van der Waals surface area contributed by atoms with Crippen LogP contribution < -0.4 is 15.4 Å². The predicted octanol–water partition coefficient (Wildman–Crippen LogP) is 4.91. The summed E-state index contributed by atoms with van der Waals surface area (Å²) in [5.74, 6) is 0.505. The Morgan fingerprint density at radius 3 is 2.58 bits per heavy atom. The fourth-order valence-corrected chi connectivity index (χ4v) is 5.50. The summed E-state index contributed by atoms with van der Waals surface area (Å²) in [6, 6.07) is 19.4. The van der Waals surface area contributed by atoms with Crippen molar-refractivity contribution in [3.8, 4) is 11.5 Å². The number of phenolic OH excluding ortho intramolecular Hbond substituents is 1. The smallest absolute Gasteiger partial charge is 0.187 e. The van der Waals surface area contributed by atoms with Gasteiger partial charge in [-0.05, 0) is 97.4 Å². The third kappa shape index (κ3) is 5.30. The first-order chi connectivity index (χ1) is 17.5. The molecule has 2 atom stereocenters. The second-order valence-corrected chi connectivity index (χ2v) is 9.86. The van der Waals surface area contributed by atoms with Crippen LogP contribution in [0.25, 0.3) is 0 Å². The van der Waals surface area contributed by atoms with E-state index in [-0.39, 0.29) is 17.3 Å². The van der Waals surface area contributed by atoms with Crippen LogP contribution in [0.1, 0.15) is 52.7 Å². The van der Waals surface area contributed by atoms with Crippen molar-refractivity contribution >= 4 is 5.78 Å². The van der Waals surface area contributed by atoms with Gasteiger partial charge in [0.05, 0.1) is 6.61 Å². The van der Waals surface area contributed by atoms with Crippen molar-refractivity contribution in [3.63, 3.8) is 0 Å². The van der Waals surface area contributed by atoms with E-state index in [9.17, 15) is 14.3 Å². The number of halogens is 1. The van der Waals surface area contributed by atoms with Crippen LogP contribution >= 0.6 is 0 Å². The summed E-state index contributed by atoms with van der Waals surface area (Å²) in [7, 11) is 0. The Bertz CT molecular complexity index is 1190. The van der Waals surface area contributed by atoms with Crippen LogP contribution in [0.5, 0.6) is 11.5 Å². The second-order valence-electron chi connectivity index (χ2n) is 9.86. The molecule has 1 fully saturated rings. The van der Waals surface area contributed by atoms with Crippen LogP contribution in [-0.2, 0) is 18.4 Å². The molecule has 0 amide bonds. The summed E-state index contributed by atoms with van der Waals surface area (Å²) < 4.78 is 19.6. The van der Waals surface area contributed by atoms with Crippen molar-refractivity contribution in [2.75, 3.05) is 19.7 Å². The maximum absolute atomic E-state index is 14.0. The first kappa shape index (κ1) is 24.5. The highest BCUT2D eigenvalue weighted by molar-refractivity contribution is 6.04. The van der Waals surface area contributed by atoms with Gasteiger partial charge in [-0.1, -0.05) is 24.6 Å². The van der Waals surface area contributed by atoms with Gasteiger partial charge < -0.3 is 20.5 Å². The monoisotopic (exact) mass is 488 g/mol. The van der Waals surface area contributed by atoms with Gasteiger partial charge in [-0.25, -0.2) is 4.39 Å². The standard InChI is InChI=1S/C30H33FN2O3/c31-24-8-6-22(7-9-24)29(35)30(28-13-10-26(34)19-23(28)14-17-33-30)20-21-4-11-27(12-5-21)36-18-15-25-3-1-2-16-32-25/h4-13,19,25,32-34H,1-3,14-18,20H2. The van der Waals surface area contributed by atoms with Gasteiger partial charge in [0.25, 0.3) is 0 Å². The molecule has 2 aliphatic heterocycles. The van der Waals surface area contributed by atoms with E-state index in [2.05, 4.69) is 10.6 Å². The Balaban J connectivity index is 1.37. The number of carbonyl (C=O) groups is 1. The van der Waals surface area contributed by atoms with Gasteiger partial charge in [0, 0.05) is 24.6 Å². The highest BCUT2D eigenvalue weighted by atomic mass is 19.1. The van der Waals surface area contributed by atoms with Gasteiger partial charge in [0.1, 0.15) is 22.9 Å². The molecule has 36 heavy (non-hydrogen) atoms. The first-order valence-electron chi connectivity index (χ1n) is 12.9. The minimum atomic E-state index is -1.02. The van der Waals surface area contributed by atoms with E-state index >= 15 is 0 Å². The molecule has 3 aromatic carbocycles. The number of ketones is 1. The highest BCUT2D eigenvalue weighted by Crippen LogP contribution is 2.37. The molecule has 0 aromatic heterocycles. The van der Waals surface area contributed by atoms with E-state index in [0.717, 1.165) is 35.4 Å². The third-order valence-electron chi connectivity index (χ3n) is 7.40. The fraction of sp³-hybridized carbons (Fsp3) is 0.367. The van der Waals surface area contributed by atoms with Crippen LogP contribution in [0.3, 0.4) is 0 Å². The number of carbonyl (C=O) groups excluding carboxylic acids is 1. The quantitative estimate of drug-likeness (QED) is 0.393. The van der Waals surface area contributed by atoms with Crippen molar-refractivity contribution < 1.29 is 19.0 Å². The first-order valence-corrected chi connectivity index (χ1v) is 12.9. The number of ether oxygens (including phenoxy) is 1. The van der Waals surface area contributed by atoms with Gasteiger partial charge in [0.15, 0.2) is 5.78 Å². The lowest BCUT2D eigenvalue weighted by atomic mass is 9.73. The topological polar surface area (TPSA) is 70.6 Å². The minimum absolute atomic E-state index is 0.116. The molecule has 3 N–H and O–H groups in total. The van der Waals surface area contributed by atoms with Crippen molar-refractivity contribution in [2.24, 2.45) is 0 Å². The molecule has 1 saturated heterocycles. The molecule has 188 valence electrons. The van der Waals surface area contributed by atoms with Crippen LogP contribution in [-0.4, -0.2) is 36.6 Å². The van der Waals surface area contributed by atoms with E-state index < -0.39 is 5.54 Å². The average molecular weight is 489 g/mol.